The summed E-state index contributed by atoms with van der Waals surface area (Å²) in [7, 11) is 0. The molecule has 0 amide bonds. The van der Waals surface area contributed by atoms with Crippen molar-refractivity contribution >= 4 is 0 Å². The summed E-state index contributed by atoms with van der Waals surface area (Å²) in [5, 5.41) is 3.33. The second kappa shape index (κ2) is 5.77. The van der Waals surface area contributed by atoms with Gasteiger partial charge in [0.15, 0.2) is 0 Å². The molecule has 1 N–H and O–H groups in total. The van der Waals surface area contributed by atoms with Gasteiger partial charge in [-0.05, 0) is 47.9 Å². The summed E-state index contributed by atoms with van der Waals surface area (Å²) in [6, 6.07) is 8.70. The molecule has 1 aromatic carbocycles. The number of rotatable bonds is 4. The number of ether oxygens (including phenoxy) is 1. The van der Waals surface area contributed by atoms with Gasteiger partial charge >= 0.3 is 0 Å². The molecule has 0 aromatic heterocycles. The third-order valence-corrected chi connectivity index (χ3v) is 3.93. The fraction of sp³-hybridized carbons (Fsp3) is 0.667. The smallest absolute Gasteiger partial charge is 0.119 e. The van der Waals surface area contributed by atoms with Gasteiger partial charge in [-0.2, -0.15) is 0 Å². The Morgan fingerprint density at radius 2 is 1.75 bits per heavy atom. The van der Waals surface area contributed by atoms with Gasteiger partial charge in [-0.1, -0.05) is 46.8 Å². The highest BCUT2D eigenvalue weighted by Gasteiger charge is 2.27. The lowest BCUT2D eigenvalue weighted by molar-refractivity contribution is 0.223. The van der Waals surface area contributed by atoms with Crippen LogP contribution in [0.25, 0.3) is 0 Å². The van der Waals surface area contributed by atoms with Crippen molar-refractivity contribution in [2.75, 3.05) is 13.1 Å². The second-order valence-corrected chi connectivity index (χ2v) is 7.88. The van der Waals surface area contributed by atoms with Crippen LogP contribution in [0.5, 0.6) is 5.75 Å². The van der Waals surface area contributed by atoms with Gasteiger partial charge < -0.3 is 10.1 Å². The van der Waals surface area contributed by atoms with Crippen LogP contribution in [0.15, 0.2) is 24.3 Å². The Hall–Kier alpha value is -1.02. The molecule has 0 aliphatic carbocycles. The largest absolute Gasteiger partial charge is 0.489 e. The molecule has 1 heterocycles. The summed E-state index contributed by atoms with van der Waals surface area (Å²) in [6.07, 6.45) is 2.62. The zero-order valence-electron chi connectivity index (χ0n) is 13.6. The maximum Gasteiger partial charge on any atom is 0.119 e. The van der Waals surface area contributed by atoms with Crippen LogP contribution in [0.3, 0.4) is 0 Å². The molecular formula is C18H29NO. The molecule has 1 aliphatic rings. The van der Waals surface area contributed by atoms with Crippen LogP contribution in [0.1, 0.15) is 53.0 Å². The van der Waals surface area contributed by atoms with Crippen LogP contribution in [0.4, 0.5) is 0 Å². The molecular weight excluding hydrogens is 246 g/mol. The Balaban J connectivity index is 2.03. The molecule has 1 unspecified atom stereocenters. The van der Waals surface area contributed by atoms with E-state index in [4.69, 9.17) is 4.74 Å². The molecule has 2 nitrogen and oxygen atoms in total. The minimum Gasteiger partial charge on any atom is -0.489 e. The zero-order valence-corrected chi connectivity index (χ0v) is 13.6. The third kappa shape index (κ3) is 4.24. The van der Waals surface area contributed by atoms with Crippen LogP contribution < -0.4 is 10.1 Å². The first-order chi connectivity index (χ1) is 9.26. The summed E-state index contributed by atoms with van der Waals surface area (Å²) in [4.78, 5) is 0. The standard InChI is InChI=1S/C18H29NO/c1-17(2,3)13-18(4,5)14-6-8-15(9-7-14)20-16-10-11-19-12-16/h6-9,16,19H,10-13H2,1-5H3. The second-order valence-electron chi connectivity index (χ2n) is 7.88. The molecule has 0 bridgehead atoms. The molecule has 1 aliphatic heterocycles. The first-order valence-corrected chi connectivity index (χ1v) is 7.74. The topological polar surface area (TPSA) is 21.3 Å². The van der Waals surface area contributed by atoms with Gasteiger partial charge in [0.25, 0.3) is 0 Å². The maximum absolute atomic E-state index is 5.98. The van der Waals surface area contributed by atoms with Crippen LogP contribution in [0.2, 0.25) is 0 Å². The molecule has 2 heteroatoms. The van der Waals surface area contributed by atoms with Crippen LogP contribution in [-0.4, -0.2) is 19.2 Å². The SMILES string of the molecule is CC(C)(C)CC(C)(C)c1ccc(OC2CCNC2)cc1. The van der Waals surface area contributed by atoms with Crippen molar-refractivity contribution in [2.24, 2.45) is 5.41 Å². The van der Waals surface area contributed by atoms with Crippen molar-refractivity contribution in [3.63, 3.8) is 0 Å². The van der Waals surface area contributed by atoms with E-state index < -0.39 is 0 Å². The van der Waals surface area contributed by atoms with Gasteiger partial charge in [0.05, 0.1) is 0 Å². The number of hydrogen-bond donors (Lipinski definition) is 1. The lowest BCUT2D eigenvalue weighted by Crippen LogP contribution is -2.24. The Morgan fingerprint density at radius 1 is 1.10 bits per heavy atom. The molecule has 1 atom stereocenters. The van der Waals surface area contributed by atoms with E-state index >= 15 is 0 Å². The average molecular weight is 275 g/mol. The normalized spacial score (nSPS) is 20.1. The van der Waals surface area contributed by atoms with Crippen molar-refractivity contribution in [1.82, 2.24) is 5.32 Å². The van der Waals surface area contributed by atoms with E-state index in [-0.39, 0.29) is 5.41 Å². The molecule has 1 aromatic rings. The predicted octanol–water partition coefficient (Wildman–Crippen LogP) is 4.14. The highest BCUT2D eigenvalue weighted by Crippen LogP contribution is 2.36. The molecule has 2 rings (SSSR count). The predicted molar refractivity (Wildman–Crippen MR) is 85.4 cm³/mol. The van der Waals surface area contributed by atoms with E-state index in [1.807, 2.05) is 0 Å². The molecule has 1 saturated heterocycles. The summed E-state index contributed by atoms with van der Waals surface area (Å²) < 4.78 is 5.98. The molecule has 1 fully saturated rings. The summed E-state index contributed by atoms with van der Waals surface area (Å²) in [6.45, 7) is 13.6. The zero-order chi connectivity index (χ0) is 14.8. The first kappa shape index (κ1) is 15.4. The van der Waals surface area contributed by atoms with E-state index in [1.165, 1.54) is 12.0 Å². The summed E-state index contributed by atoms with van der Waals surface area (Å²) in [5.74, 6) is 0.994. The lowest BCUT2D eigenvalue weighted by atomic mass is 9.72. The quantitative estimate of drug-likeness (QED) is 0.891. The Labute approximate surface area is 123 Å². The van der Waals surface area contributed by atoms with Crippen LogP contribution in [-0.2, 0) is 5.41 Å². The number of hydrogen-bond acceptors (Lipinski definition) is 2. The summed E-state index contributed by atoms with van der Waals surface area (Å²) >= 11 is 0. The third-order valence-electron chi connectivity index (χ3n) is 3.93. The van der Waals surface area contributed by atoms with Gasteiger partial charge in [0.1, 0.15) is 11.9 Å². The fourth-order valence-corrected chi connectivity index (χ4v) is 3.33. The van der Waals surface area contributed by atoms with E-state index in [1.54, 1.807) is 0 Å². The van der Waals surface area contributed by atoms with Crippen molar-refractivity contribution in [1.29, 1.82) is 0 Å². The maximum atomic E-state index is 5.98. The molecule has 0 radical (unpaired) electrons. The van der Waals surface area contributed by atoms with Gasteiger partial charge in [0, 0.05) is 6.54 Å². The van der Waals surface area contributed by atoms with Crippen molar-refractivity contribution < 1.29 is 4.74 Å². The van der Waals surface area contributed by atoms with Gasteiger partial charge in [-0.25, -0.2) is 0 Å². The van der Waals surface area contributed by atoms with E-state index in [2.05, 4.69) is 64.2 Å². The van der Waals surface area contributed by atoms with Crippen LogP contribution in [0, 0.1) is 5.41 Å². The highest BCUT2D eigenvalue weighted by molar-refractivity contribution is 5.32. The minimum absolute atomic E-state index is 0.200. The molecule has 20 heavy (non-hydrogen) atoms. The minimum atomic E-state index is 0.200. The number of benzene rings is 1. The van der Waals surface area contributed by atoms with Crippen molar-refractivity contribution in [2.45, 2.75) is 59.0 Å². The van der Waals surface area contributed by atoms with Gasteiger partial charge in [0.2, 0.25) is 0 Å². The Morgan fingerprint density at radius 3 is 2.25 bits per heavy atom. The van der Waals surface area contributed by atoms with E-state index in [0.717, 1.165) is 25.3 Å². The first-order valence-electron chi connectivity index (χ1n) is 7.74. The Kier molecular flexibility index (Phi) is 4.43. The molecule has 0 saturated carbocycles. The monoisotopic (exact) mass is 275 g/mol. The Bertz CT molecular complexity index is 422. The highest BCUT2D eigenvalue weighted by atomic mass is 16.5. The van der Waals surface area contributed by atoms with E-state index in [0.29, 0.717) is 11.5 Å². The summed E-state index contributed by atoms with van der Waals surface area (Å²) in [5.41, 5.74) is 1.93. The lowest BCUT2D eigenvalue weighted by Gasteiger charge is -2.33. The molecule has 0 spiro atoms. The molecule has 112 valence electrons. The van der Waals surface area contributed by atoms with Crippen molar-refractivity contribution in [3.8, 4) is 5.75 Å². The van der Waals surface area contributed by atoms with Gasteiger partial charge in [-0.15, -0.1) is 0 Å². The van der Waals surface area contributed by atoms with Crippen LogP contribution >= 0.6 is 0 Å². The number of nitrogens with one attached hydrogen (secondary N) is 1. The fourth-order valence-electron chi connectivity index (χ4n) is 3.33. The van der Waals surface area contributed by atoms with E-state index in [9.17, 15) is 0 Å². The average Bonchev–Trinajstić information content (AvgIpc) is 2.79. The van der Waals surface area contributed by atoms with Gasteiger partial charge in [-0.3, -0.25) is 0 Å². The van der Waals surface area contributed by atoms with Crippen molar-refractivity contribution in [3.05, 3.63) is 29.8 Å².